The predicted molar refractivity (Wildman–Crippen MR) is 61.0 cm³/mol. The van der Waals surface area contributed by atoms with Crippen LogP contribution in [0.1, 0.15) is 46.0 Å². The molecule has 5 heteroatoms. The first-order valence-corrected chi connectivity index (χ1v) is 6.27. The second-order valence-electron chi connectivity index (χ2n) is 5.18. The van der Waals surface area contributed by atoms with E-state index in [-0.39, 0.29) is 6.04 Å². The van der Waals surface area contributed by atoms with Crippen molar-refractivity contribution in [3.8, 4) is 0 Å². The molecule has 2 nitrogen and oxygen atoms in total. The van der Waals surface area contributed by atoms with Gasteiger partial charge >= 0.3 is 6.18 Å². The largest absolute Gasteiger partial charge is 0.411 e. The zero-order chi connectivity index (χ0) is 12.9. The topological polar surface area (TPSA) is 21.3 Å². The van der Waals surface area contributed by atoms with Crippen molar-refractivity contribution in [3.05, 3.63) is 0 Å². The third-order valence-corrected chi connectivity index (χ3v) is 3.14. The van der Waals surface area contributed by atoms with Crippen LogP contribution >= 0.6 is 0 Å². The molecule has 0 atom stereocenters. The van der Waals surface area contributed by atoms with E-state index in [1.54, 1.807) is 0 Å². The van der Waals surface area contributed by atoms with Crippen LogP contribution in [0, 0.1) is 0 Å². The summed E-state index contributed by atoms with van der Waals surface area (Å²) in [7, 11) is 0. The van der Waals surface area contributed by atoms with E-state index in [4.69, 9.17) is 4.74 Å². The second-order valence-corrected chi connectivity index (χ2v) is 5.18. The highest BCUT2D eigenvalue weighted by Gasteiger charge is 2.38. The number of hydrogen-bond donors (Lipinski definition) is 1. The molecule has 0 aromatic carbocycles. The molecule has 1 N–H and O–H groups in total. The zero-order valence-corrected chi connectivity index (χ0v) is 10.6. The van der Waals surface area contributed by atoms with Crippen LogP contribution in [0.3, 0.4) is 0 Å². The lowest BCUT2D eigenvalue weighted by atomic mass is 9.84. The van der Waals surface area contributed by atoms with Gasteiger partial charge in [0.15, 0.2) is 0 Å². The number of rotatable bonds is 5. The molecule has 102 valence electrons. The molecule has 0 unspecified atom stereocenters. The van der Waals surface area contributed by atoms with Crippen molar-refractivity contribution in [1.82, 2.24) is 5.32 Å². The van der Waals surface area contributed by atoms with Crippen LogP contribution in [0.2, 0.25) is 0 Å². The molecular formula is C12H22F3NO. The van der Waals surface area contributed by atoms with Crippen LogP contribution in [-0.4, -0.2) is 31.0 Å². The Morgan fingerprint density at radius 3 is 2.24 bits per heavy atom. The standard InChI is InChI=1S/C12H22F3NO/c1-10(2)16-8-11(6-4-3-5-7-11)17-9-12(13,14)15/h10,16H,3-9H2,1-2H3. The summed E-state index contributed by atoms with van der Waals surface area (Å²) in [5.41, 5.74) is -0.613. The quantitative estimate of drug-likeness (QED) is 0.812. The molecule has 1 aliphatic rings. The first-order chi connectivity index (χ1) is 7.83. The average Bonchev–Trinajstić information content (AvgIpc) is 2.25. The molecule has 0 spiro atoms. The molecule has 1 aliphatic carbocycles. The van der Waals surface area contributed by atoms with Crippen molar-refractivity contribution in [2.24, 2.45) is 0 Å². The minimum Gasteiger partial charge on any atom is -0.364 e. The molecule has 0 radical (unpaired) electrons. The smallest absolute Gasteiger partial charge is 0.364 e. The number of hydrogen-bond acceptors (Lipinski definition) is 2. The number of halogens is 3. The molecule has 0 aromatic rings. The van der Waals surface area contributed by atoms with Crippen LogP contribution in [0.5, 0.6) is 0 Å². The molecule has 0 saturated heterocycles. The van der Waals surface area contributed by atoms with E-state index in [1.165, 1.54) is 0 Å². The Morgan fingerprint density at radius 1 is 1.18 bits per heavy atom. The summed E-state index contributed by atoms with van der Waals surface area (Å²) in [5, 5.41) is 3.20. The Morgan fingerprint density at radius 2 is 1.76 bits per heavy atom. The number of alkyl halides is 3. The summed E-state index contributed by atoms with van der Waals surface area (Å²) < 4.78 is 41.9. The zero-order valence-electron chi connectivity index (χ0n) is 10.6. The summed E-state index contributed by atoms with van der Waals surface area (Å²) >= 11 is 0. The molecule has 1 saturated carbocycles. The van der Waals surface area contributed by atoms with Gasteiger partial charge in [-0.1, -0.05) is 33.1 Å². The first-order valence-electron chi connectivity index (χ1n) is 6.27. The lowest BCUT2D eigenvalue weighted by molar-refractivity contribution is -0.210. The van der Waals surface area contributed by atoms with Crippen LogP contribution in [-0.2, 0) is 4.74 Å². The number of nitrogens with one attached hydrogen (secondary N) is 1. The minimum absolute atomic E-state index is 0.267. The molecule has 0 aromatic heterocycles. The highest BCUT2D eigenvalue weighted by atomic mass is 19.4. The van der Waals surface area contributed by atoms with Crippen molar-refractivity contribution in [2.75, 3.05) is 13.2 Å². The van der Waals surface area contributed by atoms with E-state index in [9.17, 15) is 13.2 Å². The highest BCUT2D eigenvalue weighted by Crippen LogP contribution is 2.33. The Bertz CT molecular complexity index is 222. The van der Waals surface area contributed by atoms with Gasteiger partial charge < -0.3 is 10.1 Å². The molecule has 1 rings (SSSR count). The van der Waals surface area contributed by atoms with Crippen LogP contribution < -0.4 is 5.32 Å². The van der Waals surface area contributed by atoms with Gasteiger partial charge in [0.2, 0.25) is 0 Å². The minimum atomic E-state index is -4.23. The van der Waals surface area contributed by atoms with Gasteiger partial charge in [-0.3, -0.25) is 0 Å². The monoisotopic (exact) mass is 253 g/mol. The van der Waals surface area contributed by atoms with Gasteiger partial charge in [0.05, 0.1) is 5.60 Å². The Kier molecular flexibility index (Phi) is 5.25. The van der Waals surface area contributed by atoms with Gasteiger partial charge in [-0.15, -0.1) is 0 Å². The van der Waals surface area contributed by atoms with E-state index >= 15 is 0 Å². The van der Waals surface area contributed by atoms with E-state index in [0.29, 0.717) is 6.54 Å². The fourth-order valence-corrected chi connectivity index (χ4v) is 2.19. The second kappa shape index (κ2) is 6.05. The molecule has 17 heavy (non-hydrogen) atoms. The third kappa shape index (κ3) is 5.73. The summed E-state index contributed by atoms with van der Waals surface area (Å²) in [4.78, 5) is 0. The SMILES string of the molecule is CC(C)NCC1(OCC(F)(F)F)CCCCC1. The Labute approximate surface area is 101 Å². The van der Waals surface area contributed by atoms with Crippen molar-refractivity contribution in [1.29, 1.82) is 0 Å². The van der Waals surface area contributed by atoms with E-state index in [0.717, 1.165) is 32.1 Å². The molecule has 1 fully saturated rings. The molecular weight excluding hydrogens is 231 g/mol. The fraction of sp³-hybridized carbons (Fsp3) is 1.00. The maximum absolute atomic E-state index is 12.2. The Hall–Kier alpha value is -0.290. The van der Waals surface area contributed by atoms with Crippen LogP contribution in [0.4, 0.5) is 13.2 Å². The van der Waals surface area contributed by atoms with Crippen LogP contribution in [0.15, 0.2) is 0 Å². The highest BCUT2D eigenvalue weighted by molar-refractivity contribution is 4.87. The summed E-state index contributed by atoms with van der Waals surface area (Å²) in [6.07, 6.45) is 0.224. The van der Waals surface area contributed by atoms with E-state index < -0.39 is 18.4 Å². The molecule has 0 heterocycles. The van der Waals surface area contributed by atoms with Gasteiger partial charge in [0, 0.05) is 12.6 Å². The summed E-state index contributed by atoms with van der Waals surface area (Å²) in [6, 6.07) is 0.267. The van der Waals surface area contributed by atoms with Gasteiger partial charge in [0.25, 0.3) is 0 Å². The van der Waals surface area contributed by atoms with Crippen molar-refractivity contribution in [2.45, 2.75) is 63.8 Å². The van der Waals surface area contributed by atoms with Crippen molar-refractivity contribution < 1.29 is 17.9 Å². The average molecular weight is 253 g/mol. The summed E-state index contributed by atoms with van der Waals surface area (Å²) in [6.45, 7) is 3.36. The lowest BCUT2D eigenvalue weighted by Gasteiger charge is -2.38. The van der Waals surface area contributed by atoms with E-state index in [1.807, 2.05) is 13.8 Å². The molecule has 0 amide bonds. The molecule has 0 aliphatic heterocycles. The van der Waals surface area contributed by atoms with Gasteiger partial charge in [-0.2, -0.15) is 13.2 Å². The van der Waals surface area contributed by atoms with Crippen molar-refractivity contribution >= 4 is 0 Å². The molecule has 0 bridgehead atoms. The Balaban J connectivity index is 2.52. The normalized spacial score (nSPS) is 20.8. The van der Waals surface area contributed by atoms with Crippen molar-refractivity contribution in [3.63, 3.8) is 0 Å². The van der Waals surface area contributed by atoms with E-state index in [2.05, 4.69) is 5.32 Å². The van der Waals surface area contributed by atoms with Gasteiger partial charge in [-0.25, -0.2) is 0 Å². The lowest BCUT2D eigenvalue weighted by Crippen LogP contribution is -2.48. The van der Waals surface area contributed by atoms with Crippen LogP contribution in [0.25, 0.3) is 0 Å². The fourth-order valence-electron chi connectivity index (χ4n) is 2.19. The number of ether oxygens (including phenoxy) is 1. The predicted octanol–water partition coefficient (Wildman–Crippen LogP) is 3.27. The van der Waals surface area contributed by atoms with Gasteiger partial charge in [0.1, 0.15) is 6.61 Å². The maximum Gasteiger partial charge on any atom is 0.411 e. The summed E-state index contributed by atoms with van der Waals surface area (Å²) in [5.74, 6) is 0. The maximum atomic E-state index is 12.2. The van der Waals surface area contributed by atoms with Gasteiger partial charge in [-0.05, 0) is 12.8 Å². The first kappa shape index (κ1) is 14.8. The third-order valence-electron chi connectivity index (χ3n) is 3.14.